The zero-order valence-corrected chi connectivity index (χ0v) is 19.0. The molecule has 34 heavy (non-hydrogen) atoms. The molecule has 2 aliphatic heterocycles. The molecule has 0 saturated heterocycles. The van der Waals surface area contributed by atoms with Crippen LogP contribution < -0.4 is 9.47 Å². The number of rotatable bonds is 5. The molecule has 7 heteroatoms. The largest absolute Gasteiger partial charge is 0.454 e. The van der Waals surface area contributed by atoms with E-state index in [-0.39, 0.29) is 12.6 Å². The Labute approximate surface area is 201 Å². The zero-order valence-electron chi connectivity index (χ0n) is 18.2. The highest BCUT2D eigenvalue weighted by atomic mass is 35.5. The van der Waals surface area contributed by atoms with Crippen molar-refractivity contribution in [2.45, 2.75) is 12.8 Å². The summed E-state index contributed by atoms with van der Waals surface area (Å²) >= 11 is 6.15. The van der Waals surface area contributed by atoms with Crippen LogP contribution in [0.3, 0.4) is 0 Å². The first-order chi connectivity index (χ1) is 16.5. The van der Waals surface area contributed by atoms with Crippen LogP contribution in [0.25, 0.3) is 5.76 Å². The van der Waals surface area contributed by atoms with Crippen molar-refractivity contribution in [3.8, 4) is 11.5 Å². The summed E-state index contributed by atoms with van der Waals surface area (Å²) in [4.78, 5) is 29.5. The van der Waals surface area contributed by atoms with E-state index < -0.39 is 17.8 Å². The third-order valence-electron chi connectivity index (χ3n) is 5.74. The first kappa shape index (κ1) is 21.9. The number of allylic oxidation sites excluding steroid dienone is 1. The van der Waals surface area contributed by atoms with Crippen molar-refractivity contribution in [3.63, 3.8) is 0 Å². The Balaban J connectivity index is 1.40. The maximum Gasteiger partial charge on any atom is 0.322 e. The molecular weight excluding hydrogens is 454 g/mol. The van der Waals surface area contributed by atoms with Gasteiger partial charge in [-0.3, -0.25) is 14.6 Å². The number of hydrogen-bond donors (Lipinski definition) is 0. The van der Waals surface area contributed by atoms with Crippen LogP contribution in [0.4, 0.5) is 5.69 Å². The number of aliphatic imine (C=N–C) groups is 1. The minimum atomic E-state index is -0.909. The van der Waals surface area contributed by atoms with Gasteiger partial charge < -0.3 is 14.2 Å². The number of ether oxygens (including phenoxy) is 3. The van der Waals surface area contributed by atoms with E-state index in [0.717, 1.165) is 22.6 Å². The molecule has 0 aromatic heterocycles. The Morgan fingerprint density at radius 3 is 2.59 bits per heavy atom. The maximum atomic E-state index is 12.7. The summed E-state index contributed by atoms with van der Waals surface area (Å²) in [7, 11) is 0. The fourth-order valence-electron chi connectivity index (χ4n) is 4.04. The van der Waals surface area contributed by atoms with Crippen LogP contribution in [0.1, 0.15) is 29.5 Å². The molecule has 170 valence electrons. The monoisotopic (exact) mass is 473 g/mol. The van der Waals surface area contributed by atoms with E-state index in [1.54, 1.807) is 24.4 Å². The van der Waals surface area contributed by atoms with E-state index in [1.807, 2.05) is 54.6 Å². The minimum Gasteiger partial charge on any atom is -0.454 e. The molecule has 2 aliphatic rings. The Morgan fingerprint density at radius 2 is 1.82 bits per heavy atom. The molecule has 2 unspecified atom stereocenters. The number of ketones is 1. The van der Waals surface area contributed by atoms with E-state index in [0.29, 0.717) is 22.1 Å². The molecule has 2 heterocycles. The van der Waals surface area contributed by atoms with Crippen molar-refractivity contribution in [2.24, 2.45) is 10.9 Å². The van der Waals surface area contributed by atoms with Gasteiger partial charge in [0.2, 0.25) is 6.79 Å². The smallest absolute Gasteiger partial charge is 0.322 e. The number of nitrogens with zero attached hydrogens (tertiary/aromatic N) is 1. The number of halogens is 1. The average molecular weight is 474 g/mol. The molecule has 0 fully saturated rings. The normalized spacial score (nSPS) is 19.1. The van der Waals surface area contributed by atoms with Crippen LogP contribution in [-0.2, 0) is 14.3 Å². The van der Waals surface area contributed by atoms with Crippen molar-refractivity contribution in [1.29, 1.82) is 0 Å². The number of carbonyl (C=O) groups is 2. The highest BCUT2D eigenvalue weighted by molar-refractivity contribution is 6.30. The van der Waals surface area contributed by atoms with Crippen LogP contribution >= 0.6 is 11.6 Å². The van der Waals surface area contributed by atoms with Gasteiger partial charge in [0, 0.05) is 22.7 Å². The summed E-state index contributed by atoms with van der Waals surface area (Å²) in [5.74, 6) is -0.371. The summed E-state index contributed by atoms with van der Waals surface area (Å²) in [6.07, 6.45) is 3.55. The third kappa shape index (κ3) is 4.45. The van der Waals surface area contributed by atoms with Crippen molar-refractivity contribution in [1.82, 2.24) is 0 Å². The SMILES string of the molecule is CC(=O)C1C(=O)OC(c2ccc(N=Cc3ccc4c(c3)OCO4)cc2)=CC1c1cccc(Cl)c1. The molecule has 0 radical (unpaired) electrons. The van der Waals surface area contributed by atoms with Crippen LogP contribution in [0.2, 0.25) is 5.02 Å². The molecule has 0 spiro atoms. The highest BCUT2D eigenvalue weighted by Crippen LogP contribution is 2.38. The van der Waals surface area contributed by atoms with Crippen molar-refractivity contribution < 1.29 is 23.8 Å². The standard InChI is InChI=1S/C27H20ClNO5/c1-16(30)26-22(19-3-2-4-20(28)12-19)13-24(34-27(26)31)18-6-8-21(9-7-18)29-14-17-5-10-23-25(11-17)33-15-32-23/h2-14,22,26H,15H2,1H3. The van der Waals surface area contributed by atoms with Gasteiger partial charge in [0.1, 0.15) is 17.5 Å². The predicted molar refractivity (Wildman–Crippen MR) is 129 cm³/mol. The minimum absolute atomic E-state index is 0.225. The molecule has 3 aromatic carbocycles. The summed E-state index contributed by atoms with van der Waals surface area (Å²) in [6, 6.07) is 20.1. The van der Waals surface area contributed by atoms with E-state index in [9.17, 15) is 9.59 Å². The maximum absolute atomic E-state index is 12.7. The van der Waals surface area contributed by atoms with E-state index >= 15 is 0 Å². The second kappa shape index (κ2) is 9.15. The van der Waals surface area contributed by atoms with Gasteiger partial charge in [-0.25, -0.2) is 0 Å². The van der Waals surface area contributed by atoms with Crippen molar-refractivity contribution >= 4 is 41.0 Å². The van der Waals surface area contributed by atoms with Gasteiger partial charge in [-0.05, 0) is 78.7 Å². The van der Waals surface area contributed by atoms with Crippen LogP contribution in [0, 0.1) is 5.92 Å². The number of cyclic esters (lactones) is 1. The van der Waals surface area contributed by atoms with Crippen molar-refractivity contribution in [3.05, 3.63) is 94.5 Å². The first-order valence-corrected chi connectivity index (χ1v) is 11.1. The number of esters is 1. The Hall–Kier alpha value is -3.90. The number of hydrogen-bond acceptors (Lipinski definition) is 6. The van der Waals surface area contributed by atoms with Crippen LogP contribution in [0.5, 0.6) is 11.5 Å². The lowest BCUT2D eigenvalue weighted by Crippen LogP contribution is -2.32. The topological polar surface area (TPSA) is 74.2 Å². The Bertz CT molecular complexity index is 1330. The zero-order chi connectivity index (χ0) is 23.7. The predicted octanol–water partition coefficient (Wildman–Crippen LogP) is 5.71. The molecule has 0 N–H and O–H groups in total. The number of benzene rings is 3. The lowest BCUT2D eigenvalue weighted by atomic mass is 9.81. The number of fused-ring (bicyclic) bond motifs is 1. The molecule has 0 aliphatic carbocycles. The van der Waals surface area contributed by atoms with Gasteiger partial charge in [-0.1, -0.05) is 23.7 Å². The van der Waals surface area contributed by atoms with Gasteiger partial charge in [0.15, 0.2) is 11.5 Å². The van der Waals surface area contributed by atoms with Crippen molar-refractivity contribution in [2.75, 3.05) is 6.79 Å². The molecule has 5 rings (SSSR count). The third-order valence-corrected chi connectivity index (χ3v) is 5.97. The fraction of sp³-hybridized carbons (Fsp3) is 0.148. The lowest BCUT2D eigenvalue weighted by Gasteiger charge is -2.27. The number of carbonyl (C=O) groups excluding carboxylic acids is 2. The van der Waals surface area contributed by atoms with E-state index in [4.69, 9.17) is 25.8 Å². The highest BCUT2D eigenvalue weighted by Gasteiger charge is 2.38. The van der Waals surface area contributed by atoms with Gasteiger partial charge in [0.25, 0.3) is 0 Å². The molecule has 3 aromatic rings. The second-order valence-corrected chi connectivity index (χ2v) is 8.48. The molecule has 2 atom stereocenters. The van der Waals surface area contributed by atoms with Gasteiger partial charge in [0.05, 0.1) is 5.69 Å². The van der Waals surface area contributed by atoms with Crippen LogP contribution in [0.15, 0.2) is 77.8 Å². The fourth-order valence-corrected chi connectivity index (χ4v) is 4.24. The number of Topliss-reactive ketones (excluding diaryl/α,β-unsaturated/α-hetero) is 1. The molecule has 0 saturated carbocycles. The molecular formula is C27H20ClNO5. The quantitative estimate of drug-likeness (QED) is 0.270. The summed E-state index contributed by atoms with van der Waals surface area (Å²) in [6.45, 7) is 1.62. The summed E-state index contributed by atoms with van der Waals surface area (Å²) in [5.41, 5.74) is 3.12. The average Bonchev–Trinajstić information content (AvgIpc) is 3.30. The van der Waals surface area contributed by atoms with Crippen LogP contribution in [-0.4, -0.2) is 24.8 Å². The Morgan fingerprint density at radius 1 is 1.03 bits per heavy atom. The summed E-state index contributed by atoms with van der Waals surface area (Å²) in [5, 5.41) is 0.540. The molecule has 0 bridgehead atoms. The van der Waals surface area contributed by atoms with E-state index in [2.05, 4.69) is 4.99 Å². The Kier molecular flexibility index (Phi) is 5.90. The van der Waals surface area contributed by atoms with E-state index in [1.165, 1.54) is 6.92 Å². The second-order valence-electron chi connectivity index (χ2n) is 8.04. The summed E-state index contributed by atoms with van der Waals surface area (Å²) < 4.78 is 16.3. The lowest BCUT2D eigenvalue weighted by molar-refractivity contribution is -0.146. The first-order valence-electron chi connectivity index (χ1n) is 10.7. The van der Waals surface area contributed by atoms with Gasteiger partial charge in [-0.15, -0.1) is 0 Å². The molecule has 0 amide bonds. The molecule has 6 nitrogen and oxygen atoms in total. The van der Waals surface area contributed by atoms with Gasteiger partial charge >= 0.3 is 5.97 Å². The van der Waals surface area contributed by atoms with Gasteiger partial charge in [-0.2, -0.15) is 0 Å².